The first-order valence-electron chi connectivity index (χ1n) is 6.92. The van der Waals surface area contributed by atoms with Gasteiger partial charge in [-0.1, -0.05) is 25.5 Å². The van der Waals surface area contributed by atoms with Gasteiger partial charge >= 0.3 is 0 Å². The Morgan fingerprint density at radius 1 is 1.19 bits per heavy atom. The summed E-state index contributed by atoms with van der Waals surface area (Å²) in [4.78, 5) is 12.5. The zero-order valence-electron chi connectivity index (χ0n) is 11.9. The summed E-state index contributed by atoms with van der Waals surface area (Å²) in [5.41, 5.74) is 6.76. The van der Waals surface area contributed by atoms with Crippen molar-refractivity contribution in [2.24, 2.45) is 0 Å². The predicted molar refractivity (Wildman–Crippen MR) is 80.9 cm³/mol. The Hall–Kier alpha value is -2.36. The Balaban J connectivity index is 2.20. The molecule has 0 heterocycles. The number of carbonyl (C=O) groups excluding carboxylic acids is 1. The molecular weight excluding hydrogens is 269 g/mol. The fourth-order valence-electron chi connectivity index (χ4n) is 2.05. The number of nitrogens with two attached hydrogens (primary N) is 1. The van der Waals surface area contributed by atoms with Gasteiger partial charge in [0.2, 0.25) is 5.78 Å². The number of Topliss-reactive ketones (excluding diaryl/α,β-unsaturated/α-hetero) is 1. The average molecular weight is 287 g/mol. The van der Waals surface area contributed by atoms with Crippen LogP contribution in [-0.2, 0) is 0 Å². The number of carbonyl (C=O) groups is 1. The molecule has 0 bridgehead atoms. The minimum Gasteiger partial charge on any atom is -0.480 e. The van der Waals surface area contributed by atoms with E-state index in [2.05, 4.69) is 0 Å². The summed E-state index contributed by atoms with van der Waals surface area (Å²) in [7, 11) is 0. The fraction of sp³-hybridized carbons (Fsp3) is 0.235. The van der Waals surface area contributed by atoms with Gasteiger partial charge in [-0.25, -0.2) is 4.39 Å². The molecule has 0 spiro atoms. The molecule has 0 aliphatic rings. The van der Waals surface area contributed by atoms with E-state index in [0.717, 1.165) is 6.42 Å². The molecule has 0 aromatic heterocycles. The van der Waals surface area contributed by atoms with E-state index in [-0.39, 0.29) is 11.6 Å². The minimum absolute atomic E-state index is 0.167. The highest BCUT2D eigenvalue weighted by Gasteiger charge is 2.22. The molecule has 0 aliphatic heterocycles. The zero-order valence-corrected chi connectivity index (χ0v) is 11.9. The molecule has 110 valence electrons. The number of para-hydroxylation sites is 2. The van der Waals surface area contributed by atoms with Crippen molar-refractivity contribution in [3.05, 3.63) is 59.9 Å². The van der Waals surface area contributed by atoms with Gasteiger partial charge in [-0.05, 0) is 42.8 Å². The van der Waals surface area contributed by atoms with Gasteiger partial charge < -0.3 is 10.5 Å². The van der Waals surface area contributed by atoms with Crippen LogP contribution < -0.4 is 10.5 Å². The average Bonchev–Trinajstić information content (AvgIpc) is 2.49. The van der Waals surface area contributed by atoms with Crippen LogP contribution in [0.5, 0.6) is 5.75 Å². The van der Waals surface area contributed by atoms with Crippen molar-refractivity contribution in [3.8, 4) is 5.75 Å². The van der Waals surface area contributed by atoms with Crippen molar-refractivity contribution in [2.45, 2.75) is 25.9 Å². The van der Waals surface area contributed by atoms with E-state index in [1.54, 1.807) is 24.3 Å². The molecule has 0 fully saturated rings. The van der Waals surface area contributed by atoms with Gasteiger partial charge in [0.05, 0.1) is 5.69 Å². The maximum absolute atomic E-state index is 12.9. The molecule has 3 nitrogen and oxygen atoms in total. The smallest absolute Gasteiger partial charge is 0.203 e. The van der Waals surface area contributed by atoms with E-state index in [1.807, 2.05) is 6.92 Å². The number of rotatable bonds is 6. The maximum atomic E-state index is 12.9. The number of benzene rings is 2. The number of ketones is 1. The van der Waals surface area contributed by atoms with Crippen molar-refractivity contribution in [2.75, 3.05) is 5.73 Å². The van der Waals surface area contributed by atoms with Crippen LogP contribution in [-0.4, -0.2) is 11.9 Å². The molecule has 0 radical (unpaired) electrons. The number of hydrogen-bond acceptors (Lipinski definition) is 3. The molecule has 1 unspecified atom stereocenters. The van der Waals surface area contributed by atoms with Gasteiger partial charge in [0, 0.05) is 5.56 Å². The van der Waals surface area contributed by atoms with Crippen LogP contribution in [0.15, 0.2) is 48.5 Å². The largest absolute Gasteiger partial charge is 0.480 e. The number of hydrogen-bond donors (Lipinski definition) is 1. The third kappa shape index (κ3) is 3.81. The molecule has 1 atom stereocenters. The summed E-state index contributed by atoms with van der Waals surface area (Å²) in [5.74, 6) is -0.0432. The fourth-order valence-corrected chi connectivity index (χ4v) is 2.05. The summed E-state index contributed by atoms with van der Waals surface area (Å²) in [6.07, 6.45) is 0.750. The first kappa shape index (κ1) is 15.0. The molecule has 0 saturated heterocycles. The van der Waals surface area contributed by atoms with Crippen LogP contribution in [0.25, 0.3) is 0 Å². The molecule has 4 heteroatoms. The van der Waals surface area contributed by atoms with E-state index in [0.29, 0.717) is 23.4 Å². The van der Waals surface area contributed by atoms with Crippen molar-refractivity contribution in [1.82, 2.24) is 0 Å². The lowest BCUT2D eigenvalue weighted by molar-refractivity contribution is 0.0778. The Labute approximate surface area is 123 Å². The van der Waals surface area contributed by atoms with Gasteiger partial charge in [-0.2, -0.15) is 0 Å². The molecule has 2 aromatic carbocycles. The second-order valence-electron chi connectivity index (χ2n) is 4.80. The second-order valence-corrected chi connectivity index (χ2v) is 4.80. The third-order valence-electron chi connectivity index (χ3n) is 3.16. The maximum Gasteiger partial charge on any atom is 0.203 e. The number of ether oxygens (including phenoxy) is 1. The highest BCUT2D eigenvalue weighted by Crippen LogP contribution is 2.23. The summed E-state index contributed by atoms with van der Waals surface area (Å²) in [6, 6.07) is 12.5. The number of nitrogen functional groups attached to an aromatic ring is 1. The van der Waals surface area contributed by atoms with Crippen LogP contribution in [0, 0.1) is 5.82 Å². The normalized spacial score (nSPS) is 11.9. The Morgan fingerprint density at radius 2 is 1.86 bits per heavy atom. The zero-order chi connectivity index (χ0) is 15.2. The standard InChI is InChI=1S/C17H18FNO2/c1-2-5-16(21-15-7-4-3-6-14(15)19)17(20)12-8-10-13(18)11-9-12/h3-4,6-11,16H,2,5,19H2,1H3. The van der Waals surface area contributed by atoms with Crippen molar-refractivity contribution >= 4 is 11.5 Å². The SMILES string of the molecule is CCCC(Oc1ccccc1N)C(=O)c1ccc(F)cc1. The summed E-state index contributed by atoms with van der Waals surface area (Å²) in [6.45, 7) is 1.97. The Bertz CT molecular complexity index is 610. The molecular formula is C17H18FNO2. The molecule has 0 saturated carbocycles. The Kier molecular flexibility index (Phi) is 4.93. The summed E-state index contributed by atoms with van der Waals surface area (Å²) >= 11 is 0. The molecule has 2 aromatic rings. The lowest BCUT2D eigenvalue weighted by atomic mass is 10.0. The minimum atomic E-state index is -0.620. The highest BCUT2D eigenvalue weighted by atomic mass is 19.1. The van der Waals surface area contributed by atoms with Gasteiger partial charge in [0.1, 0.15) is 11.6 Å². The van der Waals surface area contributed by atoms with Crippen LogP contribution in [0.4, 0.5) is 10.1 Å². The van der Waals surface area contributed by atoms with E-state index < -0.39 is 6.10 Å². The number of halogens is 1. The quantitative estimate of drug-likeness (QED) is 0.648. The lowest BCUT2D eigenvalue weighted by Crippen LogP contribution is -2.27. The molecule has 21 heavy (non-hydrogen) atoms. The van der Waals surface area contributed by atoms with Crippen LogP contribution in [0.1, 0.15) is 30.1 Å². The van der Waals surface area contributed by atoms with Gasteiger partial charge in [-0.3, -0.25) is 4.79 Å². The van der Waals surface area contributed by atoms with E-state index in [1.165, 1.54) is 24.3 Å². The monoisotopic (exact) mass is 287 g/mol. The highest BCUT2D eigenvalue weighted by molar-refractivity contribution is 5.99. The van der Waals surface area contributed by atoms with Crippen LogP contribution in [0.2, 0.25) is 0 Å². The van der Waals surface area contributed by atoms with Gasteiger partial charge in [0.25, 0.3) is 0 Å². The van der Waals surface area contributed by atoms with Crippen molar-refractivity contribution in [1.29, 1.82) is 0 Å². The van der Waals surface area contributed by atoms with Gasteiger partial charge in [-0.15, -0.1) is 0 Å². The predicted octanol–water partition coefficient (Wildman–Crippen LogP) is 3.84. The second kappa shape index (κ2) is 6.88. The van der Waals surface area contributed by atoms with Gasteiger partial charge in [0.15, 0.2) is 6.10 Å². The van der Waals surface area contributed by atoms with E-state index >= 15 is 0 Å². The topological polar surface area (TPSA) is 52.3 Å². The lowest BCUT2D eigenvalue weighted by Gasteiger charge is -2.18. The van der Waals surface area contributed by atoms with Crippen molar-refractivity contribution in [3.63, 3.8) is 0 Å². The van der Waals surface area contributed by atoms with Crippen LogP contribution in [0.3, 0.4) is 0 Å². The summed E-state index contributed by atoms with van der Waals surface area (Å²) < 4.78 is 18.7. The molecule has 0 amide bonds. The van der Waals surface area contributed by atoms with E-state index in [9.17, 15) is 9.18 Å². The third-order valence-corrected chi connectivity index (χ3v) is 3.16. The first-order chi connectivity index (χ1) is 10.1. The van der Waals surface area contributed by atoms with E-state index in [4.69, 9.17) is 10.5 Å². The van der Waals surface area contributed by atoms with Crippen LogP contribution >= 0.6 is 0 Å². The Morgan fingerprint density at radius 3 is 2.48 bits per heavy atom. The van der Waals surface area contributed by atoms with Crippen molar-refractivity contribution < 1.29 is 13.9 Å². The summed E-state index contributed by atoms with van der Waals surface area (Å²) in [5, 5.41) is 0. The number of anilines is 1. The molecule has 2 rings (SSSR count). The molecule has 0 aliphatic carbocycles. The first-order valence-corrected chi connectivity index (χ1v) is 6.92. The molecule has 2 N–H and O–H groups in total.